The Hall–Kier alpha value is -1.31. The summed E-state index contributed by atoms with van der Waals surface area (Å²) in [4.78, 5) is 12.0. The van der Waals surface area contributed by atoms with Crippen LogP contribution in [-0.4, -0.2) is 99.0 Å². The molecule has 0 aromatic rings. The van der Waals surface area contributed by atoms with Crippen LogP contribution < -0.4 is 0 Å². The first-order valence-corrected chi connectivity index (χ1v) is 8.92. The van der Waals surface area contributed by atoms with Gasteiger partial charge in [0.15, 0.2) is 6.29 Å². The molecule has 0 amide bonds. The fourth-order valence-corrected chi connectivity index (χ4v) is 4.21. The summed E-state index contributed by atoms with van der Waals surface area (Å²) in [6, 6.07) is 0. The van der Waals surface area contributed by atoms with Crippen molar-refractivity contribution in [2.75, 3.05) is 13.7 Å². The lowest BCUT2D eigenvalue weighted by Crippen LogP contribution is -2.60. The van der Waals surface area contributed by atoms with Gasteiger partial charge in [-0.3, -0.25) is 0 Å². The van der Waals surface area contributed by atoms with Crippen molar-refractivity contribution >= 4 is 5.97 Å². The van der Waals surface area contributed by atoms with E-state index in [1.165, 1.54) is 14.0 Å². The van der Waals surface area contributed by atoms with E-state index in [0.29, 0.717) is 0 Å². The average Bonchev–Trinajstić information content (AvgIpc) is 2.91. The third kappa shape index (κ3) is 3.53. The van der Waals surface area contributed by atoms with Crippen molar-refractivity contribution in [3.63, 3.8) is 0 Å². The second-order valence-corrected chi connectivity index (χ2v) is 7.58. The molecule has 6 N–H and O–H groups in total. The van der Waals surface area contributed by atoms with Crippen LogP contribution in [0.25, 0.3) is 0 Å². The third-order valence-electron chi connectivity index (χ3n) is 5.66. The summed E-state index contributed by atoms with van der Waals surface area (Å²) in [5.41, 5.74) is -1.46. The van der Waals surface area contributed by atoms with Crippen LogP contribution in [0.2, 0.25) is 0 Å². The van der Waals surface area contributed by atoms with Gasteiger partial charge in [-0.2, -0.15) is 0 Å². The minimum atomic E-state index is -1.66. The van der Waals surface area contributed by atoms with Gasteiger partial charge in [-0.25, -0.2) is 4.79 Å². The second-order valence-electron chi connectivity index (χ2n) is 7.58. The predicted octanol–water partition coefficient (Wildman–Crippen LogP) is -3.04. The first-order chi connectivity index (χ1) is 13.1. The number of carbonyl (C=O) groups is 1. The number of aliphatic hydroxyl groups excluding tert-OH is 5. The second kappa shape index (κ2) is 7.84. The first kappa shape index (κ1) is 21.4. The van der Waals surface area contributed by atoms with Crippen LogP contribution in [-0.2, 0) is 23.7 Å². The van der Waals surface area contributed by atoms with Gasteiger partial charge in [0.05, 0.1) is 43.2 Å². The molecule has 10 atom stereocenters. The number of fused-ring (bicyclic) bond motifs is 1. The molecular weight excluding hydrogens is 380 g/mol. The summed E-state index contributed by atoms with van der Waals surface area (Å²) in [6.07, 6.45) is -8.88. The Labute approximate surface area is 160 Å². The van der Waals surface area contributed by atoms with Crippen LogP contribution in [0.3, 0.4) is 0 Å². The smallest absolute Gasteiger partial charge is 0.337 e. The van der Waals surface area contributed by atoms with Crippen LogP contribution in [0, 0.1) is 11.8 Å². The lowest BCUT2D eigenvalue weighted by molar-refractivity contribution is -0.346. The third-order valence-corrected chi connectivity index (χ3v) is 5.66. The summed E-state index contributed by atoms with van der Waals surface area (Å²) in [5, 5.41) is 60.4. The molecule has 1 saturated carbocycles. The Morgan fingerprint density at radius 3 is 2.50 bits per heavy atom. The van der Waals surface area contributed by atoms with Crippen LogP contribution >= 0.6 is 0 Å². The molecule has 0 aromatic carbocycles. The van der Waals surface area contributed by atoms with Crippen molar-refractivity contribution in [1.29, 1.82) is 0 Å². The number of esters is 1. The van der Waals surface area contributed by atoms with Gasteiger partial charge in [0.25, 0.3) is 0 Å². The lowest BCUT2D eigenvalue weighted by atomic mass is 9.80. The number of aliphatic hydroxyl groups is 6. The van der Waals surface area contributed by atoms with Gasteiger partial charge in [-0.05, 0) is 6.92 Å². The van der Waals surface area contributed by atoms with Crippen molar-refractivity contribution in [2.45, 2.75) is 62.0 Å². The Morgan fingerprint density at radius 2 is 1.89 bits per heavy atom. The van der Waals surface area contributed by atoms with E-state index in [-0.39, 0.29) is 12.0 Å². The molecule has 11 nitrogen and oxygen atoms in total. The zero-order chi connectivity index (χ0) is 20.8. The molecule has 3 aliphatic rings. The SMILES string of the molecule is COC(=O)C1=CO[C@@H](O[C@@H]2O[C@H](CO)[C@@H](O)[C@H](O)[C@H]2O)[C@@H]2[C@@H]1[C@H](O)C[C@]2(C)O. The van der Waals surface area contributed by atoms with E-state index in [1.807, 2.05) is 0 Å². The number of ether oxygens (including phenoxy) is 4. The van der Waals surface area contributed by atoms with E-state index in [9.17, 15) is 35.4 Å². The van der Waals surface area contributed by atoms with E-state index >= 15 is 0 Å². The first-order valence-electron chi connectivity index (χ1n) is 8.92. The standard InChI is InChI=1S/C17H26O11/c1-17(24)3-7(19)9-6(14(23)25-2)5-26-15(10(9)17)28-16-13(22)12(21)11(20)8(4-18)27-16/h5,7-13,15-16,18-22,24H,3-4H2,1-2H3/t7-,8-,9+,10+,11-,12+,13-,15+,16+,17+/m1/s1. The lowest BCUT2D eigenvalue weighted by Gasteiger charge is -2.44. The molecule has 11 heteroatoms. The molecule has 0 unspecified atom stereocenters. The highest BCUT2D eigenvalue weighted by Crippen LogP contribution is 2.49. The molecular formula is C17H26O11. The van der Waals surface area contributed by atoms with Crippen molar-refractivity contribution in [3.8, 4) is 0 Å². The highest BCUT2D eigenvalue weighted by molar-refractivity contribution is 5.89. The van der Waals surface area contributed by atoms with Gasteiger partial charge in [0, 0.05) is 12.3 Å². The number of rotatable bonds is 4. The molecule has 2 heterocycles. The zero-order valence-electron chi connectivity index (χ0n) is 15.4. The maximum Gasteiger partial charge on any atom is 0.337 e. The van der Waals surface area contributed by atoms with E-state index < -0.39 is 73.1 Å². The van der Waals surface area contributed by atoms with Crippen molar-refractivity contribution in [2.24, 2.45) is 11.8 Å². The molecule has 1 aliphatic carbocycles. The van der Waals surface area contributed by atoms with E-state index in [4.69, 9.17) is 18.9 Å². The van der Waals surface area contributed by atoms with Crippen LogP contribution in [0.15, 0.2) is 11.8 Å². The van der Waals surface area contributed by atoms with Gasteiger partial charge in [-0.1, -0.05) is 0 Å². The summed E-state index contributed by atoms with van der Waals surface area (Å²) in [7, 11) is 1.17. The highest BCUT2D eigenvalue weighted by Gasteiger charge is 2.59. The maximum atomic E-state index is 12.0. The molecule has 0 spiro atoms. The van der Waals surface area contributed by atoms with E-state index in [1.54, 1.807) is 0 Å². The molecule has 2 aliphatic heterocycles. The molecule has 28 heavy (non-hydrogen) atoms. The fourth-order valence-electron chi connectivity index (χ4n) is 4.21. The highest BCUT2D eigenvalue weighted by atomic mass is 16.8. The summed E-state index contributed by atoms with van der Waals surface area (Å²) in [6.45, 7) is 0.819. The van der Waals surface area contributed by atoms with Gasteiger partial charge < -0.3 is 49.6 Å². The number of hydrogen-bond acceptors (Lipinski definition) is 11. The maximum absolute atomic E-state index is 12.0. The van der Waals surface area contributed by atoms with Crippen LogP contribution in [0.1, 0.15) is 13.3 Å². The molecule has 0 aromatic heterocycles. The normalized spacial score (nSPS) is 48.4. The average molecular weight is 406 g/mol. The largest absolute Gasteiger partial charge is 0.471 e. The monoisotopic (exact) mass is 406 g/mol. The van der Waals surface area contributed by atoms with Gasteiger partial charge in [0.1, 0.15) is 24.4 Å². The van der Waals surface area contributed by atoms with Gasteiger partial charge in [-0.15, -0.1) is 0 Å². The van der Waals surface area contributed by atoms with E-state index in [2.05, 4.69) is 0 Å². The number of hydrogen-bond donors (Lipinski definition) is 6. The molecule has 0 radical (unpaired) electrons. The van der Waals surface area contributed by atoms with Crippen molar-refractivity contribution < 1.29 is 54.4 Å². The number of carbonyl (C=O) groups excluding carboxylic acids is 1. The van der Waals surface area contributed by atoms with Crippen LogP contribution in [0.5, 0.6) is 0 Å². The Morgan fingerprint density at radius 1 is 1.21 bits per heavy atom. The molecule has 3 rings (SSSR count). The summed E-state index contributed by atoms with van der Waals surface area (Å²) < 4.78 is 21.1. The predicted molar refractivity (Wildman–Crippen MR) is 88.1 cm³/mol. The topological polar surface area (TPSA) is 175 Å². The molecule has 1 saturated heterocycles. The minimum Gasteiger partial charge on any atom is -0.471 e. The van der Waals surface area contributed by atoms with Gasteiger partial charge >= 0.3 is 5.97 Å². The summed E-state index contributed by atoms with van der Waals surface area (Å²) >= 11 is 0. The summed E-state index contributed by atoms with van der Waals surface area (Å²) in [5.74, 6) is -2.50. The van der Waals surface area contributed by atoms with Crippen molar-refractivity contribution in [3.05, 3.63) is 11.8 Å². The molecule has 0 bridgehead atoms. The molecule has 160 valence electrons. The quantitative estimate of drug-likeness (QED) is 0.262. The fraction of sp³-hybridized carbons (Fsp3) is 0.824. The molecule has 2 fully saturated rings. The Kier molecular flexibility index (Phi) is 5.99. The Balaban J connectivity index is 1.86. The van der Waals surface area contributed by atoms with Crippen molar-refractivity contribution in [1.82, 2.24) is 0 Å². The van der Waals surface area contributed by atoms with Gasteiger partial charge in [0.2, 0.25) is 6.29 Å². The Bertz CT molecular complexity index is 618. The zero-order valence-corrected chi connectivity index (χ0v) is 15.4. The van der Waals surface area contributed by atoms with Crippen LogP contribution in [0.4, 0.5) is 0 Å². The minimum absolute atomic E-state index is 0.0337. The number of methoxy groups -OCH3 is 1. The van der Waals surface area contributed by atoms with E-state index in [0.717, 1.165) is 6.26 Å².